The number of fused-ring (bicyclic) bond motifs is 1. The zero-order valence-electron chi connectivity index (χ0n) is 14.9. The van der Waals surface area contributed by atoms with E-state index in [1.165, 1.54) is 22.3 Å². The van der Waals surface area contributed by atoms with E-state index in [0.29, 0.717) is 21.1 Å². The Bertz CT molecular complexity index is 1250. The Morgan fingerprint density at radius 3 is 2.72 bits per heavy atom. The van der Waals surface area contributed by atoms with E-state index >= 15 is 0 Å². The Hall–Kier alpha value is -3.24. The lowest BCUT2D eigenvalue weighted by atomic mass is 10.2. The summed E-state index contributed by atoms with van der Waals surface area (Å²) in [4.78, 5) is 29.7. The van der Waals surface area contributed by atoms with Crippen LogP contribution in [0.5, 0.6) is 0 Å². The third kappa shape index (κ3) is 3.47. The highest BCUT2D eigenvalue weighted by atomic mass is 79.9. The number of nitrogens with one attached hydrogen (secondary N) is 2. The van der Waals surface area contributed by atoms with E-state index in [9.17, 15) is 9.59 Å². The summed E-state index contributed by atoms with van der Waals surface area (Å²) in [5.74, 6) is -0.585. The van der Waals surface area contributed by atoms with Gasteiger partial charge >= 0.3 is 0 Å². The maximum atomic E-state index is 13.0. The van der Waals surface area contributed by atoms with Crippen LogP contribution < -0.4 is 10.6 Å². The molecule has 4 aromatic heterocycles. The summed E-state index contributed by atoms with van der Waals surface area (Å²) in [6, 6.07) is 10.0. The van der Waals surface area contributed by atoms with Gasteiger partial charge in [-0.25, -0.2) is 14.2 Å². The van der Waals surface area contributed by atoms with Crippen LogP contribution in [-0.2, 0) is 0 Å². The predicted molar refractivity (Wildman–Crippen MR) is 111 cm³/mol. The predicted octanol–water partition coefficient (Wildman–Crippen LogP) is 2.94. The third-order valence-corrected chi connectivity index (χ3v) is 4.78. The fourth-order valence-corrected chi connectivity index (χ4v) is 3.40. The number of anilines is 1. The van der Waals surface area contributed by atoms with Gasteiger partial charge in [-0.3, -0.25) is 9.59 Å². The second-order valence-corrected chi connectivity index (χ2v) is 7.09. The third-order valence-electron chi connectivity index (χ3n) is 4.10. The molecule has 4 rings (SSSR count). The number of aromatic nitrogens is 5. The second-order valence-electron chi connectivity index (χ2n) is 5.87. The molecule has 0 radical (unpaired) electrons. The van der Waals surface area contributed by atoms with Gasteiger partial charge in [0.25, 0.3) is 11.8 Å². The van der Waals surface area contributed by atoms with Crippen molar-refractivity contribution in [3.05, 3.63) is 69.8 Å². The van der Waals surface area contributed by atoms with Crippen molar-refractivity contribution < 1.29 is 9.59 Å². The van der Waals surface area contributed by atoms with E-state index in [1.54, 1.807) is 42.7 Å². The fraction of sp³-hybridized carbons (Fsp3) is 0.0556. The minimum atomic E-state index is -0.499. The van der Waals surface area contributed by atoms with E-state index < -0.39 is 11.8 Å². The van der Waals surface area contributed by atoms with Crippen LogP contribution in [0.2, 0.25) is 5.02 Å². The number of carbonyl (C=O) groups is 2. The van der Waals surface area contributed by atoms with Crippen molar-refractivity contribution in [2.24, 2.45) is 0 Å². The summed E-state index contributed by atoms with van der Waals surface area (Å²) in [5.41, 5.74) is 1.39. The molecule has 146 valence electrons. The van der Waals surface area contributed by atoms with Gasteiger partial charge in [-0.2, -0.15) is 10.2 Å². The Labute approximate surface area is 177 Å². The average Bonchev–Trinajstić information content (AvgIpc) is 3.34. The number of hydrogen-bond donors (Lipinski definition) is 2. The summed E-state index contributed by atoms with van der Waals surface area (Å²) in [7, 11) is 1.51. The van der Waals surface area contributed by atoms with Crippen LogP contribution in [0.15, 0.2) is 53.4 Å². The molecule has 0 spiro atoms. The zero-order chi connectivity index (χ0) is 20.5. The van der Waals surface area contributed by atoms with Crippen molar-refractivity contribution in [1.82, 2.24) is 29.7 Å². The maximum Gasteiger partial charge on any atom is 0.274 e. The number of hydrogen-bond acceptors (Lipinski definition) is 5. The largest absolute Gasteiger partial charge is 0.354 e. The maximum absolute atomic E-state index is 13.0. The van der Waals surface area contributed by atoms with Crippen LogP contribution in [0.4, 0.5) is 5.69 Å². The lowest BCUT2D eigenvalue weighted by Gasteiger charge is -2.13. The summed E-state index contributed by atoms with van der Waals surface area (Å²) in [5, 5.41) is 14.1. The first kappa shape index (κ1) is 19.1. The SMILES string of the molecule is CNC(=O)c1c(NC(=O)c2cc(Br)nn2-c2ncccc2Cl)ccc2ccnn12. The molecule has 2 N–H and O–H groups in total. The molecule has 0 fully saturated rings. The number of nitrogens with zero attached hydrogens (tertiary/aromatic N) is 5. The van der Waals surface area contributed by atoms with Gasteiger partial charge in [0.05, 0.1) is 22.4 Å². The standard InChI is InChI=1S/C18H13BrClN7O2/c1-21-18(29)15-12(5-4-10-6-8-23-26(10)15)24-17(28)13-9-14(19)25-27(13)16-11(20)3-2-7-22-16/h2-9H,1H3,(H,21,29)(H,24,28). The molecule has 0 bridgehead atoms. The van der Waals surface area contributed by atoms with Gasteiger partial charge in [-0.15, -0.1) is 0 Å². The molecular weight excluding hydrogens is 462 g/mol. The normalized spacial score (nSPS) is 10.9. The molecule has 0 aromatic carbocycles. The molecular formula is C18H13BrClN7O2. The number of rotatable bonds is 4. The molecule has 0 aliphatic heterocycles. The highest BCUT2D eigenvalue weighted by Gasteiger charge is 2.22. The quantitative estimate of drug-likeness (QED) is 0.473. The van der Waals surface area contributed by atoms with Gasteiger partial charge in [-0.1, -0.05) is 11.6 Å². The van der Waals surface area contributed by atoms with Crippen LogP contribution in [-0.4, -0.2) is 43.2 Å². The molecule has 0 aliphatic rings. The van der Waals surface area contributed by atoms with E-state index in [-0.39, 0.29) is 11.4 Å². The summed E-state index contributed by atoms with van der Waals surface area (Å²) in [6.45, 7) is 0. The molecule has 29 heavy (non-hydrogen) atoms. The Balaban J connectivity index is 1.77. The number of amides is 2. The summed E-state index contributed by atoms with van der Waals surface area (Å²) in [6.07, 6.45) is 3.12. The van der Waals surface area contributed by atoms with E-state index in [4.69, 9.17) is 11.6 Å². The molecule has 9 nitrogen and oxygen atoms in total. The minimum Gasteiger partial charge on any atom is -0.354 e. The summed E-state index contributed by atoms with van der Waals surface area (Å²) >= 11 is 9.48. The van der Waals surface area contributed by atoms with Crippen LogP contribution >= 0.6 is 27.5 Å². The topological polar surface area (TPSA) is 106 Å². The fourth-order valence-electron chi connectivity index (χ4n) is 2.82. The van der Waals surface area contributed by atoms with E-state index in [1.807, 2.05) is 0 Å². The number of halogens is 2. The van der Waals surface area contributed by atoms with Crippen molar-refractivity contribution in [1.29, 1.82) is 0 Å². The average molecular weight is 475 g/mol. The Morgan fingerprint density at radius 1 is 1.14 bits per heavy atom. The molecule has 0 unspecified atom stereocenters. The Kier molecular flexibility index (Phi) is 5.03. The lowest BCUT2D eigenvalue weighted by Crippen LogP contribution is -2.25. The number of carbonyl (C=O) groups excluding carboxylic acids is 2. The van der Waals surface area contributed by atoms with Crippen molar-refractivity contribution in [2.45, 2.75) is 0 Å². The first-order chi connectivity index (χ1) is 14.0. The highest BCUT2D eigenvalue weighted by molar-refractivity contribution is 9.10. The van der Waals surface area contributed by atoms with Gasteiger partial charge in [0, 0.05) is 19.3 Å². The Morgan fingerprint density at radius 2 is 1.97 bits per heavy atom. The van der Waals surface area contributed by atoms with Gasteiger partial charge in [-0.05, 0) is 46.3 Å². The van der Waals surface area contributed by atoms with Crippen LogP contribution in [0, 0.1) is 0 Å². The van der Waals surface area contributed by atoms with Gasteiger partial charge in [0.2, 0.25) is 0 Å². The van der Waals surface area contributed by atoms with Crippen molar-refractivity contribution in [2.75, 3.05) is 12.4 Å². The number of pyridine rings is 2. The molecule has 4 aromatic rings. The minimum absolute atomic E-state index is 0.181. The van der Waals surface area contributed by atoms with Crippen LogP contribution in [0.1, 0.15) is 21.0 Å². The first-order valence-electron chi connectivity index (χ1n) is 8.36. The van der Waals surface area contributed by atoms with E-state index in [2.05, 4.69) is 41.7 Å². The van der Waals surface area contributed by atoms with Crippen molar-refractivity contribution in [3.63, 3.8) is 0 Å². The molecule has 0 saturated carbocycles. The van der Waals surface area contributed by atoms with Crippen molar-refractivity contribution >= 4 is 50.5 Å². The lowest BCUT2D eigenvalue weighted by molar-refractivity contribution is 0.0956. The smallest absolute Gasteiger partial charge is 0.274 e. The van der Waals surface area contributed by atoms with Gasteiger partial charge in [0.1, 0.15) is 10.3 Å². The van der Waals surface area contributed by atoms with E-state index in [0.717, 1.165) is 5.52 Å². The second kappa shape index (κ2) is 7.64. The molecule has 0 saturated heterocycles. The van der Waals surface area contributed by atoms with Crippen LogP contribution in [0.3, 0.4) is 0 Å². The zero-order valence-corrected chi connectivity index (χ0v) is 17.3. The van der Waals surface area contributed by atoms with Crippen molar-refractivity contribution in [3.8, 4) is 5.82 Å². The highest BCUT2D eigenvalue weighted by Crippen LogP contribution is 2.23. The molecule has 4 heterocycles. The molecule has 11 heteroatoms. The molecule has 0 aliphatic carbocycles. The monoisotopic (exact) mass is 473 g/mol. The molecule has 2 amide bonds. The summed E-state index contributed by atoms with van der Waals surface area (Å²) < 4.78 is 3.21. The molecule has 0 atom stereocenters. The van der Waals surface area contributed by atoms with Gasteiger partial charge in [0.15, 0.2) is 11.5 Å². The van der Waals surface area contributed by atoms with Crippen LogP contribution in [0.25, 0.3) is 11.3 Å². The van der Waals surface area contributed by atoms with Gasteiger partial charge < -0.3 is 10.6 Å². The first-order valence-corrected chi connectivity index (χ1v) is 9.53.